The summed E-state index contributed by atoms with van der Waals surface area (Å²) in [6.45, 7) is 6.90. The number of carbonyl (C=O) groups is 4. The zero-order chi connectivity index (χ0) is 35.5. The van der Waals surface area contributed by atoms with E-state index in [0.717, 1.165) is 5.56 Å². The molecule has 12 heteroatoms. The Morgan fingerprint density at radius 1 is 1.02 bits per heavy atom. The van der Waals surface area contributed by atoms with Gasteiger partial charge in [-0.25, -0.2) is 14.0 Å². The first-order chi connectivity index (χ1) is 23.3. The Hall–Kier alpha value is -4.12. The van der Waals surface area contributed by atoms with Crippen LogP contribution >= 0.6 is 11.6 Å². The number of nitrogens with zero attached hydrogens (tertiary/aromatic N) is 2. The van der Waals surface area contributed by atoms with Crippen molar-refractivity contribution in [3.63, 3.8) is 0 Å². The molecule has 2 fully saturated rings. The molecule has 3 atom stereocenters. The van der Waals surface area contributed by atoms with E-state index >= 15 is 0 Å². The number of anilines is 1. The largest absolute Gasteiger partial charge is 0.461 e. The molecule has 1 saturated heterocycles. The fraction of sp³-hybridized carbons (Fsp3) is 0.514. The topological polar surface area (TPSA) is 119 Å². The van der Waals surface area contributed by atoms with Crippen LogP contribution in [0.25, 0.3) is 10.9 Å². The van der Waals surface area contributed by atoms with E-state index in [4.69, 9.17) is 21.1 Å². The van der Waals surface area contributed by atoms with E-state index in [1.165, 1.54) is 0 Å². The highest BCUT2D eigenvalue weighted by Gasteiger charge is 2.45. The highest BCUT2D eigenvalue weighted by Crippen LogP contribution is 2.39. The minimum absolute atomic E-state index is 0.0884. The molecule has 2 aromatic carbocycles. The molecule has 264 valence electrons. The smallest absolute Gasteiger partial charge is 0.407 e. The van der Waals surface area contributed by atoms with Gasteiger partial charge in [-0.3, -0.25) is 9.59 Å². The number of benzene rings is 2. The Morgan fingerprint density at radius 2 is 1.71 bits per heavy atom. The minimum atomic E-state index is -0.753. The lowest BCUT2D eigenvalue weighted by atomic mass is 9.78. The second-order valence-corrected chi connectivity index (χ2v) is 14.3. The van der Waals surface area contributed by atoms with Crippen LogP contribution in [-0.2, 0) is 26.1 Å². The molecule has 5 rings (SSSR count). The van der Waals surface area contributed by atoms with Crippen molar-refractivity contribution in [3.05, 3.63) is 64.8 Å². The summed E-state index contributed by atoms with van der Waals surface area (Å²) < 4.78 is 26.2. The van der Waals surface area contributed by atoms with Gasteiger partial charge in [0.1, 0.15) is 24.0 Å². The summed E-state index contributed by atoms with van der Waals surface area (Å²) in [7, 11) is 1.73. The molecular formula is C37H46ClFN4O6. The van der Waals surface area contributed by atoms with Gasteiger partial charge in [0.15, 0.2) is 0 Å². The van der Waals surface area contributed by atoms with Gasteiger partial charge in [0.2, 0.25) is 11.8 Å². The predicted molar refractivity (Wildman–Crippen MR) is 186 cm³/mol. The van der Waals surface area contributed by atoms with Crippen LogP contribution in [-0.4, -0.2) is 70.9 Å². The maximum atomic E-state index is 14.2. The van der Waals surface area contributed by atoms with E-state index in [0.29, 0.717) is 55.2 Å². The number of aryl methyl sites for hydroxylation is 1. The van der Waals surface area contributed by atoms with Gasteiger partial charge >= 0.3 is 12.1 Å². The van der Waals surface area contributed by atoms with Crippen LogP contribution in [0, 0.1) is 11.8 Å². The van der Waals surface area contributed by atoms with E-state index in [9.17, 15) is 23.6 Å². The molecule has 0 bridgehead atoms. The summed E-state index contributed by atoms with van der Waals surface area (Å²) in [5.74, 6) is -1.59. The molecule has 1 aromatic heterocycles. The number of halogens is 2. The van der Waals surface area contributed by atoms with E-state index in [-0.39, 0.29) is 46.9 Å². The number of alkyl halides is 1. The van der Waals surface area contributed by atoms with Crippen molar-refractivity contribution in [2.45, 2.75) is 83.4 Å². The van der Waals surface area contributed by atoms with Gasteiger partial charge < -0.3 is 29.6 Å². The Balaban J connectivity index is 1.32. The third-order valence-corrected chi connectivity index (χ3v) is 9.99. The average molecular weight is 697 g/mol. The van der Waals surface area contributed by atoms with E-state index < -0.39 is 36.4 Å². The van der Waals surface area contributed by atoms with Gasteiger partial charge in [-0.2, -0.15) is 0 Å². The second-order valence-electron chi connectivity index (χ2n) is 14.0. The molecule has 0 spiro atoms. The molecule has 49 heavy (non-hydrogen) atoms. The quantitative estimate of drug-likeness (QED) is 0.233. The zero-order valence-electron chi connectivity index (χ0n) is 28.8. The molecule has 1 aliphatic heterocycles. The van der Waals surface area contributed by atoms with Crippen molar-refractivity contribution in [1.82, 2.24) is 14.8 Å². The number of aromatic nitrogens is 1. The summed E-state index contributed by atoms with van der Waals surface area (Å²) in [6.07, 6.45) is 2.17. The molecule has 1 aliphatic carbocycles. The molecule has 3 aromatic rings. The third kappa shape index (κ3) is 8.03. The maximum Gasteiger partial charge on any atom is 0.407 e. The number of likely N-dealkylation sites (tertiary alicyclic amines) is 1. The van der Waals surface area contributed by atoms with E-state index in [1.54, 1.807) is 62.4 Å². The van der Waals surface area contributed by atoms with Gasteiger partial charge in [0.05, 0.1) is 23.2 Å². The number of fused-ring (bicyclic) bond motifs is 1. The van der Waals surface area contributed by atoms with Gasteiger partial charge in [-0.15, -0.1) is 0 Å². The third-order valence-electron chi connectivity index (χ3n) is 9.61. The van der Waals surface area contributed by atoms with Crippen molar-refractivity contribution in [2.24, 2.45) is 18.9 Å². The number of alkyl carbamates (subject to hydrolysis) is 1. The van der Waals surface area contributed by atoms with Crippen molar-refractivity contribution < 1.29 is 33.0 Å². The molecule has 3 amide bonds. The normalized spacial score (nSPS) is 21.7. The minimum Gasteiger partial charge on any atom is -0.461 e. The number of nitrogens with one attached hydrogen (secondary N) is 2. The fourth-order valence-electron chi connectivity index (χ4n) is 7.28. The summed E-state index contributed by atoms with van der Waals surface area (Å²) in [6, 6.07) is 13.5. The maximum absolute atomic E-state index is 14.2. The lowest BCUT2D eigenvalue weighted by molar-refractivity contribution is -0.141. The van der Waals surface area contributed by atoms with Gasteiger partial charge in [0, 0.05) is 36.5 Å². The standard InChI is InChI=1S/C37H46ClFN4O6/c1-6-48-35(46)32-30(38)27-20-25(16-17-29(27)42(32)5)40-33(44)31-26(22-10-8-7-9-11-22)18-19-43(31)34(45)24-14-12-23(13-15-24)28(21-39)41-36(47)49-37(2,3)4/h7-11,16-17,20,23-24,26,28,31H,6,12-15,18-19,21H2,1-5H3,(H,40,44)(H,41,47)/t23?,24?,26-,28?,31+/m1/s1. The van der Waals surface area contributed by atoms with Gasteiger partial charge in [0.25, 0.3) is 0 Å². The first-order valence-electron chi connectivity index (χ1n) is 17.0. The number of ether oxygens (including phenoxy) is 2. The van der Waals surface area contributed by atoms with Crippen molar-refractivity contribution >= 4 is 52.1 Å². The number of carbonyl (C=O) groups excluding carboxylic acids is 4. The van der Waals surface area contributed by atoms with Gasteiger partial charge in [-0.05, 0) is 89.5 Å². The predicted octanol–water partition coefficient (Wildman–Crippen LogP) is 7.00. The SMILES string of the molecule is CCOC(=O)c1c(Cl)c2cc(NC(=O)[C@@H]3[C@@H](c4ccccc4)CCN3C(=O)C3CCC(C(CF)NC(=O)OC(C)(C)C)CC3)ccc2n1C. The molecule has 1 saturated carbocycles. The molecule has 0 radical (unpaired) electrons. The summed E-state index contributed by atoms with van der Waals surface area (Å²) in [5, 5.41) is 6.53. The van der Waals surface area contributed by atoms with Crippen molar-refractivity contribution in [3.8, 4) is 0 Å². The van der Waals surface area contributed by atoms with Crippen LogP contribution < -0.4 is 10.6 Å². The molecule has 1 unspecified atom stereocenters. The van der Waals surface area contributed by atoms with Crippen LogP contribution in [0.5, 0.6) is 0 Å². The summed E-state index contributed by atoms with van der Waals surface area (Å²) in [4.78, 5) is 54.9. The Labute approximate surface area is 291 Å². The average Bonchev–Trinajstić information content (AvgIpc) is 3.62. The lowest BCUT2D eigenvalue weighted by Gasteiger charge is -2.36. The van der Waals surface area contributed by atoms with Crippen LogP contribution in [0.1, 0.15) is 81.8 Å². The first-order valence-corrected chi connectivity index (χ1v) is 17.4. The van der Waals surface area contributed by atoms with E-state index in [1.807, 2.05) is 30.3 Å². The van der Waals surface area contributed by atoms with E-state index in [2.05, 4.69) is 10.6 Å². The van der Waals surface area contributed by atoms with Crippen LogP contribution in [0.15, 0.2) is 48.5 Å². The Bertz CT molecular complexity index is 1680. The monoisotopic (exact) mass is 696 g/mol. The van der Waals surface area contributed by atoms with Crippen molar-refractivity contribution in [2.75, 3.05) is 25.1 Å². The van der Waals surface area contributed by atoms with Crippen LogP contribution in [0.2, 0.25) is 5.02 Å². The highest BCUT2D eigenvalue weighted by molar-refractivity contribution is 6.38. The lowest BCUT2D eigenvalue weighted by Crippen LogP contribution is -2.49. The molecule has 2 heterocycles. The molecule has 10 nitrogen and oxygen atoms in total. The number of hydrogen-bond acceptors (Lipinski definition) is 6. The number of amides is 3. The first kappa shape index (κ1) is 36.2. The van der Waals surface area contributed by atoms with Crippen molar-refractivity contribution in [1.29, 1.82) is 0 Å². The second kappa shape index (κ2) is 15.2. The summed E-state index contributed by atoms with van der Waals surface area (Å²) >= 11 is 6.64. The number of hydrogen-bond donors (Lipinski definition) is 2. The Morgan fingerprint density at radius 3 is 2.35 bits per heavy atom. The number of esters is 1. The molecule has 2 N–H and O–H groups in total. The highest BCUT2D eigenvalue weighted by atomic mass is 35.5. The molecular weight excluding hydrogens is 651 g/mol. The number of rotatable bonds is 9. The summed E-state index contributed by atoms with van der Waals surface area (Å²) in [5.41, 5.74) is 1.70. The van der Waals surface area contributed by atoms with Gasteiger partial charge in [-0.1, -0.05) is 41.9 Å². The van der Waals surface area contributed by atoms with Crippen LogP contribution in [0.3, 0.4) is 0 Å². The molecule has 2 aliphatic rings. The fourth-order valence-corrected chi connectivity index (χ4v) is 7.63. The Kier molecular flexibility index (Phi) is 11.2. The zero-order valence-corrected chi connectivity index (χ0v) is 29.5. The van der Waals surface area contributed by atoms with Crippen LogP contribution in [0.4, 0.5) is 14.9 Å².